The number of rotatable bonds is 1. The third-order valence-corrected chi connectivity index (χ3v) is 8.85. The Morgan fingerprint density at radius 2 is 1.70 bits per heavy atom. The Morgan fingerprint density at radius 3 is 2.33 bits per heavy atom. The summed E-state index contributed by atoms with van der Waals surface area (Å²) in [4.78, 5) is 49.4. The molecule has 0 bridgehead atoms. The minimum Gasteiger partial charge on any atom is -0.393 e. The molecule has 0 aliphatic heterocycles. The van der Waals surface area contributed by atoms with E-state index in [0.29, 0.717) is 12.8 Å². The summed E-state index contributed by atoms with van der Waals surface area (Å²) in [7, 11) is 0. The van der Waals surface area contributed by atoms with Gasteiger partial charge in [-0.15, -0.1) is 0 Å². The van der Waals surface area contributed by atoms with Crippen molar-refractivity contribution >= 4 is 23.1 Å². The standard InChI is InChI=1S/C21H28O6/c1-9(22)11-4-5-12-10-8-14(23)15-16(24)17(25)18(26)19(27)21(15,3)13(10)6-7-20(11,12)2/h10-16,23-24H,4-8H2,1-3H3/t10-,11+,12-,13-,14?,15?,16?,20+,21+/m0/s1. The first-order valence-electron chi connectivity index (χ1n) is 10.0. The normalized spacial score (nSPS) is 52.2. The molecule has 0 aromatic carbocycles. The van der Waals surface area contributed by atoms with Gasteiger partial charge in [-0.1, -0.05) is 13.8 Å². The summed E-state index contributed by atoms with van der Waals surface area (Å²) in [5, 5.41) is 21.2. The van der Waals surface area contributed by atoms with Crippen LogP contribution >= 0.6 is 0 Å². The molecule has 0 aromatic heterocycles. The number of carbonyl (C=O) groups excluding carboxylic acids is 4. The zero-order chi connectivity index (χ0) is 19.9. The second-order valence-corrected chi connectivity index (χ2v) is 9.74. The average molecular weight is 376 g/mol. The highest BCUT2D eigenvalue weighted by Crippen LogP contribution is 2.66. The van der Waals surface area contributed by atoms with Gasteiger partial charge in [-0.3, -0.25) is 19.2 Å². The quantitative estimate of drug-likeness (QED) is 0.664. The van der Waals surface area contributed by atoms with Crippen LogP contribution in [-0.4, -0.2) is 45.6 Å². The number of fused-ring (bicyclic) bond motifs is 5. The van der Waals surface area contributed by atoms with E-state index in [-0.39, 0.29) is 34.9 Å². The number of hydrogen-bond donors (Lipinski definition) is 2. The van der Waals surface area contributed by atoms with Crippen LogP contribution in [0, 0.1) is 40.4 Å². The van der Waals surface area contributed by atoms with Crippen molar-refractivity contribution in [3.05, 3.63) is 0 Å². The molecule has 148 valence electrons. The van der Waals surface area contributed by atoms with Crippen molar-refractivity contribution in [2.75, 3.05) is 0 Å². The Morgan fingerprint density at radius 1 is 1.04 bits per heavy atom. The summed E-state index contributed by atoms with van der Waals surface area (Å²) in [6.45, 7) is 5.45. The summed E-state index contributed by atoms with van der Waals surface area (Å²) in [6.07, 6.45) is 0.933. The van der Waals surface area contributed by atoms with Crippen molar-refractivity contribution in [3.8, 4) is 0 Å². The molecule has 4 aliphatic carbocycles. The van der Waals surface area contributed by atoms with Crippen LogP contribution in [0.5, 0.6) is 0 Å². The van der Waals surface area contributed by atoms with Gasteiger partial charge in [-0.2, -0.15) is 0 Å². The van der Waals surface area contributed by atoms with Crippen LogP contribution in [0.2, 0.25) is 0 Å². The Kier molecular flexibility index (Phi) is 4.07. The lowest BCUT2D eigenvalue weighted by Crippen LogP contribution is -2.68. The largest absolute Gasteiger partial charge is 0.393 e. The van der Waals surface area contributed by atoms with E-state index in [1.807, 2.05) is 0 Å². The lowest BCUT2D eigenvalue weighted by molar-refractivity contribution is -0.194. The van der Waals surface area contributed by atoms with Crippen molar-refractivity contribution in [1.29, 1.82) is 0 Å². The molecule has 4 fully saturated rings. The number of aliphatic hydroxyl groups excluding tert-OH is 2. The highest BCUT2D eigenvalue weighted by atomic mass is 16.3. The first-order chi connectivity index (χ1) is 12.5. The van der Waals surface area contributed by atoms with Crippen molar-refractivity contribution in [3.63, 3.8) is 0 Å². The molecule has 0 spiro atoms. The average Bonchev–Trinajstić information content (AvgIpc) is 2.96. The molecule has 4 rings (SSSR count). The topological polar surface area (TPSA) is 109 Å². The molecule has 0 amide bonds. The van der Waals surface area contributed by atoms with Gasteiger partial charge in [0.1, 0.15) is 11.9 Å². The zero-order valence-electron chi connectivity index (χ0n) is 16.1. The maximum Gasteiger partial charge on any atom is 0.267 e. The first kappa shape index (κ1) is 18.9. The zero-order valence-corrected chi connectivity index (χ0v) is 16.1. The Labute approximate surface area is 158 Å². The van der Waals surface area contributed by atoms with Crippen molar-refractivity contribution < 1.29 is 29.4 Å². The highest BCUT2D eigenvalue weighted by Gasteiger charge is 2.68. The van der Waals surface area contributed by atoms with Gasteiger partial charge in [0.25, 0.3) is 5.78 Å². The fourth-order valence-corrected chi connectivity index (χ4v) is 7.61. The molecule has 2 N–H and O–H groups in total. The predicted octanol–water partition coefficient (Wildman–Crippen LogP) is 1.10. The number of ketones is 4. The molecule has 6 heteroatoms. The smallest absolute Gasteiger partial charge is 0.267 e. The Hall–Kier alpha value is -1.40. The summed E-state index contributed by atoms with van der Waals surface area (Å²) in [6, 6.07) is 0. The third-order valence-electron chi connectivity index (χ3n) is 8.85. The van der Waals surface area contributed by atoms with Gasteiger partial charge in [0, 0.05) is 17.3 Å². The van der Waals surface area contributed by atoms with Crippen LogP contribution < -0.4 is 0 Å². The van der Waals surface area contributed by atoms with Crippen LogP contribution in [0.3, 0.4) is 0 Å². The monoisotopic (exact) mass is 376 g/mol. The summed E-state index contributed by atoms with van der Waals surface area (Å²) in [5.41, 5.74) is -1.37. The maximum atomic E-state index is 12.9. The molecular formula is C21H28O6. The molecule has 4 saturated carbocycles. The SMILES string of the molecule is CC(=O)[C@H]1CC[C@H]2[C@@H]3CC(O)C4C(O)C(=O)C(=O)C(=O)[C@]4(C)[C@H]3CC[C@]12C. The minimum atomic E-state index is -1.61. The Bertz CT molecular complexity index is 743. The number of aliphatic hydroxyl groups is 2. The van der Waals surface area contributed by atoms with E-state index in [1.54, 1.807) is 13.8 Å². The Balaban J connectivity index is 1.76. The molecule has 3 unspecified atom stereocenters. The molecule has 0 aromatic rings. The van der Waals surface area contributed by atoms with Crippen molar-refractivity contribution in [1.82, 2.24) is 0 Å². The molecule has 0 heterocycles. The van der Waals surface area contributed by atoms with E-state index < -0.39 is 40.9 Å². The van der Waals surface area contributed by atoms with E-state index in [1.165, 1.54) is 0 Å². The minimum absolute atomic E-state index is 0.00183. The van der Waals surface area contributed by atoms with E-state index in [2.05, 4.69) is 6.92 Å². The highest BCUT2D eigenvalue weighted by molar-refractivity contribution is 6.66. The molecule has 9 atom stereocenters. The van der Waals surface area contributed by atoms with Crippen LogP contribution in [0.1, 0.15) is 52.9 Å². The fourth-order valence-electron chi connectivity index (χ4n) is 7.61. The molecule has 6 nitrogen and oxygen atoms in total. The van der Waals surface area contributed by atoms with E-state index in [0.717, 1.165) is 19.3 Å². The summed E-state index contributed by atoms with van der Waals surface area (Å²) >= 11 is 0. The fraction of sp³-hybridized carbons (Fsp3) is 0.810. The molecular weight excluding hydrogens is 348 g/mol. The number of Topliss-reactive ketones (excluding diaryl/α,β-unsaturated/α-hetero) is 4. The van der Waals surface area contributed by atoms with E-state index >= 15 is 0 Å². The number of carbonyl (C=O) groups is 4. The van der Waals surface area contributed by atoms with Crippen LogP contribution in [0.15, 0.2) is 0 Å². The lowest BCUT2D eigenvalue weighted by Gasteiger charge is -2.60. The van der Waals surface area contributed by atoms with Crippen LogP contribution in [0.4, 0.5) is 0 Å². The predicted molar refractivity (Wildman–Crippen MR) is 94.5 cm³/mol. The van der Waals surface area contributed by atoms with Gasteiger partial charge in [0.15, 0.2) is 0 Å². The van der Waals surface area contributed by atoms with Gasteiger partial charge in [-0.05, 0) is 62.2 Å². The van der Waals surface area contributed by atoms with E-state index in [4.69, 9.17) is 0 Å². The van der Waals surface area contributed by atoms with Gasteiger partial charge in [0.2, 0.25) is 11.6 Å². The third kappa shape index (κ3) is 2.20. The van der Waals surface area contributed by atoms with Gasteiger partial charge >= 0.3 is 0 Å². The molecule has 0 saturated heterocycles. The van der Waals surface area contributed by atoms with Gasteiger partial charge < -0.3 is 10.2 Å². The molecule has 0 radical (unpaired) electrons. The summed E-state index contributed by atoms with van der Waals surface area (Å²) in [5.74, 6) is -3.63. The van der Waals surface area contributed by atoms with Crippen LogP contribution in [-0.2, 0) is 19.2 Å². The summed E-state index contributed by atoms with van der Waals surface area (Å²) < 4.78 is 0. The maximum absolute atomic E-state index is 12.9. The molecule has 4 aliphatic rings. The van der Waals surface area contributed by atoms with Crippen molar-refractivity contribution in [2.24, 2.45) is 40.4 Å². The van der Waals surface area contributed by atoms with Gasteiger partial charge in [-0.25, -0.2) is 0 Å². The second kappa shape index (κ2) is 5.80. The number of hydrogen-bond acceptors (Lipinski definition) is 6. The lowest BCUT2D eigenvalue weighted by atomic mass is 9.43. The van der Waals surface area contributed by atoms with Crippen LogP contribution in [0.25, 0.3) is 0 Å². The second-order valence-electron chi connectivity index (χ2n) is 9.74. The first-order valence-corrected chi connectivity index (χ1v) is 10.0. The van der Waals surface area contributed by atoms with Crippen molar-refractivity contribution in [2.45, 2.75) is 65.1 Å². The van der Waals surface area contributed by atoms with E-state index in [9.17, 15) is 29.4 Å². The van der Waals surface area contributed by atoms with Gasteiger partial charge in [0.05, 0.1) is 6.10 Å². The molecule has 27 heavy (non-hydrogen) atoms.